The van der Waals surface area contributed by atoms with E-state index in [1.54, 1.807) is 0 Å². The normalized spacial score (nSPS) is 11.2. The SMILES string of the molecule is Cc1ccc(-c2nc(-c3ccc(C)c(C)c3)nc(C(C)C)n2)cc1C. The maximum Gasteiger partial charge on any atom is 0.163 e. The summed E-state index contributed by atoms with van der Waals surface area (Å²) in [6.07, 6.45) is 0. The predicted molar refractivity (Wildman–Crippen MR) is 104 cm³/mol. The summed E-state index contributed by atoms with van der Waals surface area (Å²) in [6, 6.07) is 12.7. The van der Waals surface area contributed by atoms with Crippen molar-refractivity contribution in [2.24, 2.45) is 0 Å². The Morgan fingerprint density at radius 1 is 0.600 bits per heavy atom. The Morgan fingerprint density at radius 3 is 1.40 bits per heavy atom. The molecule has 25 heavy (non-hydrogen) atoms. The Hall–Kier alpha value is -2.55. The van der Waals surface area contributed by atoms with E-state index in [1.165, 1.54) is 22.3 Å². The first kappa shape index (κ1) is 17.3. The van der Waals surface area contributed by atoms with Crippen LogP contribution in [-0.4, -0.2) is 15.0 Å². The smallest absolute Gasteiger partial charge is 0.163 e. The van der Waals surface area contributed by atoms with Crippen LogP contribution < -0.4 is 0 Å². The van der Waals surface area contributed by atoms with Gasteiger partial charge in [-0.1, -0.05) is 38.1 Å². The lowest BCUT2D eigenvalue weighted by Gasteiger charge is -2.11. The van der Waals surface area contributed by atoms with Crippen LogP contribution in [0.25, 0.3) is 22.8 Å². The lowest BCUT2D eigenvalue weighted by molar-refractivity contribution is 0.766. The summed E-state index contributed by atoms with van der Waals surface area (Å²) >= 11 is 0. The fraction of sp³-hybridized carbons (Fsp3) is 0.318. The minimum absolute atomic E-state index is 0.249. The van der Waals surface area contributed by atoms with Gasteiger partial charge in [-0.15, -0.1) is 0 Å². The molecule has 0 fully saturated rings. The van der Waals surface area contributed by atoms with Gasteiger partial charge in [0.1, 0.15) is 5.82 Å². The third kappa shape index (κ3) is 3.60. The van der Waals surface area contributed by atoms with E-state index in [0.29, 0.717) is 0 Å². The van der Waals surface area contributed by atoms with Crippen LogP contribution in [0.5, 0.6) is 0 Å². The van der Waals surface area contributed by atoms with E-state index < -0.39 is 0 Å². The molecule has 128 valence electrons. The van der Waals surface area contributed by atoms with Crippen LogP contribution in [0.4, 0.5) is 0 Å². The van der Waals surface area contributed by atoms with Gasteiger partial charge in [0, 0.05) is 17.0 Å². The van der Waals surface area contributed by atoms with Gasteiger partial charge in [-0.3, -0.25) is 0 Å². The summed E-state index contributed by atoms with van der Waals surface area (Å²) in [5.41, 5.74) is 7.12. The fourth-order valence-corrected chi connectivity index (χ4v) is 2.67. The second-order valence-corrected chi connectivity index (χ2v) is 7.09. The van der Waals surface area contributed by atoms with Gasteiger partial charge < -0.3 is 0 Å². The van der Waals surface area contributed by atoms with E-state index in [0.717, 1.165) is 28.6 Å². The minimum Gasteiger partial charge on any atom is -0.213 e. The molecule has 0 amide bonds. The molecule has 3 nitrogen and oxygen atoms in total. The van der Waals surface area contributed by atoms with E-state index in [2.05, 4.69) is 77.9 Å². The van der Waals surface area contributed by atoms with Crippen LogP contribution in [-0.2, 0) is 0 Å². The lowest BCUT2D eigenvalue weighted by atomic mass is 10.0. The predicted octanol–water partition coefficient (Wildman–Crippen LogP) is 5.56. The monoisotopic (exact) mass is 331 g/mol. The maximum atomic E-state index is 4.78. The van der Waals surface area contributed by atoms with Gasteiger partial charge in [-0.25, -0.2) is 15.0 Å². The average Bonchev–Trinajstić information content (AvgIpc) is 2.59. The van der Waals surface area contributed by atoms with Gasteiger partial charge in [0.05, 0.1) is 0 Å². The number of rotatable bonds is 3. The van der Waals surface area contributed by atoms with Crippen molar-refractivity contribution in [3.05, 3.63) is 64.5 Å². The number of nitrogens with zero attached hydrogens (tertiary/aromatic N) is 3. The fourth-order valence-electron chi connectivity index (χ4n) is 2.67. The zero-order valence-electron chi connectivity index (χ0n) is 15.9. The molecule has 0 N–H and O–H groups in total. The zero-order valence-corrected chi connectivity index (χ0v) is 15.9. The van der Waals surface area contributed by atoms with Crippen LogP contribution in [0, 0.1) is 27.7 Å². The molecule has 0 spiro atoms. The summed E-state index contributed by atoms with van der Waals surface area (Å²) in [5, 5.41) is 0. The molecule has 2 aromatic carbocycles. The molecule has 0 aliphatic heterocycles. The van der Waals surface area contributed by atoms with E-state index in [1.807, 2.05) is 0 Å². The minimum atomic E-state index is 0.249. The maximum absolute atomic E-state index is 4.78. The number of benzene rings is 2. The van der Waals surface area contributed by atoms with Crippen molar-refractivity contribution in [1.82, 2.24) is 15.0 Å². The molecule has 0 atom stereocenters. The molecule has 3 aromatic rings. The zero-order chi connectivity index (χ0) is 18.1. The van der Waals surface area contributed by atoms with Crippen molar-refractivity contribution in [2.45, 2.75) is 47.5 Å². The molecule has 0 saturated heterocycles. The molecule has 0 aliphatic carbocycles. The van der Waals surface area contributed by atoms with Gasteiger partial charge in [0.25, 0.3) is 0 Å². The molecular weight excluding hydrogens is 306 g/mol. The summed E-state index contributed by atoms with van der Waals surface area (Å²) < 4.78 is 0. The third-order valence-corrected chi connectivity index (χ3v) is 4.70. The summed E-state index contributed by atoms with van der Waals surface area (Å²) in [6.45, 7) is 12.7. The quantitative estimate of drug-likeness (QED) is 0.630. The van der Waals surface area contributed by atoms with Gasteiger partial charge >= 0.3 is 0 Å². The topological polar surface area (TPSA) is 38.7 Å². The highest BCUT2D eigenvalue weighted by Gasteiger charge is 2.13. The van der Waals surface area contributed by atoms with Crippen molar-refractivity contribution in [3.8, 4) is 22.8 Å². The number of hydrogen-bond acceptors (Lipinski definition) is 3. The largest absolute Gasteiger partial charge is 0.213 e. The molecule has 1 aromatic heterocycles. The Kier molecular flexibility index (Phi) is 4.67. The molecule has 0 saturated carbocycles. The summed E-state index contributed by atoms with van der Waals surface area (Å²) in [4.78, 5) is 14.2. The Bertz CT molecular complexity index is 857. The van der Waals surface area contributed by atoms with Crippen LogP contribution in [0.2, 0.25) is 0 Å². The molecule has 0 aliphatic rings. The Labute approximate surface area is 150 Å². The number of hydrogen-bond donors (Lipinski definition) is 0. The second-order valence-electron chi connectivity index (χ2n) is 7.09. The highest BCUT2D eigenvalue weighted by atomic mass is 15.0. The van der Waals surface area contributed by atoms with Crippen LogP contribution in [0.3, 0.4) is 0 Å². The second kappa shape index (κ2) is 6.75. The van der Waals surface area contributed by atoms with E-state index in [9.17, 15) is 0 Å². The van der Waals surface area contributed by atoms with Gasteiger partial charge in [0.15, 0.2) is 11.6 Å². The van der Waals surface area contributed by atoms with Crippen molar-refractivity contribution in [3.63, 3.8) is 0 Å². The molecule has 1 heterocycles. The third-order valence-electron chi connectivity index (χ3n) is 4.70. The molecule has 3 rings (SSSR count). The molecule has 0 radical (unpaired) electrons. The van der Waals surface area contributed by atoms with Crippen molar-refractivity contribution < 1.29 is 0 Å². The highest BCUT2D eigenvalue weighted by molar-refractivity contribution is 5.63. The first-order valence-corrected chi connectivity index (χ1v) is 8.76. The molecular formula is C22H25N3. The molecule has 0 bridgehead atoms. The van der Waals surface area contributed by atoms with Crippen molar-refractivity contribution >= 4 is 0 Å². The average molecular weight is 331 g/mol. The molecule has 0 unspecified atom stereocenters. The Morgan fingerprint density at radius 2 is 1.04 bits per heavy atom. The number of aryl methyl sites for hydroxylation is 4. The standard InChI is InChI=1S/C22H25N3/c1-13(2)20-23-21(18-9-7-14(3)16(5)11-18)25-22(24-20)19-10-8-15(4)17(6)12-19/h7-13H,1-6H3. The van der Waals surface area contributed by atoms with Gasteiger partial charge in [-0.2, -0.15) is 0 Å². The van der Waals surface area contributed by atoms with Crippen molar-refractivity contribution in [1.29, 1.82) is 0 Å². The van der Waals surface area contributed by atoms with Crippen LogP contribution in [0.15, 0.2) is 36.4 Å². The van der Waals surface area contributed by atoms with E-state index in [4.69, 9.17) is 15.0 Å². The summed E-state index contributed by atoms with van der Waals surface area (Å²) in [7, 11) is 0. The molecule has 3 heteroatoms. The highest BCUT2D eigenvalue weighted by Crippen LogP contribution is 2.25. The van der Waals surface area contributed by atoms with Crippen molar-refractivity contribution in [2.75, 3.05) is 0 Å². The van der Waals surface area contributed by atoms with E-state index >= 15 is 0 Å². The van der Waals surface area contributed by atoms with Gasteiger partial charge in [-0.05, 0) is 62.1 Å². The van der Waals surface area contributed by atoms with Gasteiger partial charge in [0.2, 0.25) is 0 Å². The first-order chi connectivity index (χ1) is 11.8. The van der Waals surface area contributed by atoms with Crippen LogP contribution in [0.1, 0.15) is 47.8 Å². The van der Waals surface area contributed by atoms with E-state index in [-0.39, 0.29) is 5.92 Å². The van der Waals surface area contributed by atoms with Crippen LogP contribution >= 0.6 is 0 Å². The summed E-state index contributed by atoms with van der Waals surface area (Å²) in [5.74, 6) is 2.57. The Balaban J connectivity index is 2.17. The number of aromatic nitrogens is 3. The first-order valence-electron chi connectivity index (χ1n) is 8.76. The lowest BCUT2D eigenvalue weighted by Crippen LogP contribution is -2.05.